The molecule has 0 aromatic carbocycles. The van der Waals surface area contributed by atoms with Gasteiger partial charge >= 0.3 is 5.97 Å². The summed E-state index contributed by atoms with van der Waals surface area (Å²) in [4.78, 5) is 13.7. The lowest BCUT2D eigenvalue weighted by Crippen LogP contribution is -2.34. The van der Waals surface area contributed by atoms with E-state index in [0.29, 0.717) is 12.0 Å². The fourth-order valence-electron chi connectivity index (χ4n) is 2.22. The molecule has 0 unspecified atom stereocenters. The largest absolute Gasteiger partial charge is 0.459 e. The molecule has 0 bridgehead atoms. The van der Waals surface area contributed by atoms with Crippen LogP contribution in [0.4, 0.5) is 0 Å². The molecule has 0 atom stereocenters. The van der Waals surface area contributed by atoms with Crippen molar-refractivity contribution >= 4 is 5.97 Å². The van der Waals surface area contributed by atoms with Crippen LogP contribution in [0.3, 0.4) is 0 Å². The van der Waals surface area contributed by atoms with Crippen LogP contribution in [0, 0.1) is 11.3 Å². The second kappa shape index (κ2) is 5.60. The van der Waals surface area contributed by atoms with Gasteiger partial charge in [0.1, 0.15) is 5.60 Å². The van der Waals surface area contributed by atoms with Crippen LogP contribution in [0.5, 0.6) is 0 Å². The molecule has 0 aliphatic heterocycles. The van der Waals surface area contributed by atoms with Crippen LogP contribution >= 0.6 is 0 Å². The first-order valence-electron chi connectivity index (χ1n) is 7.00. The SMILES string of the molecule is CN(CCC(C)(C)C1CC1)CC(=O)OC(C)(C)C. The molecule has 1 rings (SSSR count). The van der Waals surface area contributed by atoms with Crippen molar-refractivity contribution in [3.63, 3.8) is 0 Å². The zero-order valence-corrected chi connectivity index (χ0v) is 12.9. The molecule has 0 spiro atoms. The summed E-state index contributed by atoms with van der Waals surface area (Å²) in [5.41, 5.74) is 0.0351. The maximum absolute atomic E-state index is 11.7. The number of nitrogens with zero attached hydrogens (tertiary/aromatic N) is 1. The third-order valence-corrected chi connectivity index (χ3v) is 3.64. The van der Waals surface area contributed by atoms with Gasteiger partial charge in [-0.2, -0.15) is 0 Å². The number of esters is 1. The molecule has 1 saturated carbocycles. The van der Waals surface area contributed by atoms with E-state index in [4.69, 9.17) is 4.74 Å². The molecule has 3 nitrogen and oxygen atoms in total. The van der Waals surface area contributed by atoms with Crippen LogP contribution < -0.4 is 0 Å². The van der Waals surface area contributed by atoms with E-state index in [0.717, 1.165) is 18.9 Å². The minimum Gasteiger partial charge on any atom is -0.459 e. The Kier molecular flexibility index (Phi) is 4.82. The van der Waals surface area contributed by atoms with E-state index in [2.05, 4.69) is 18.7 Å². The fourth-order valence-corrected chi connectivity index (χ4v) is 2.22. The van der Waals surface area contributed by atoms with Crippen LogP contribution in [-0.4, -0.2) is 36.6 Å². The van der Waals surface area contributed by atoms with E-state index >= 15 is 0 Å². The molecule has 1 aliphatic rings. The predicted octanol–water partition coefficient (Wildman–Crippen LogP) is 3.09. The Labute approximate surface area is 112 Å². The molecule has 1 fully saturated rings. The number of carbonyl (C=O) groups is 1. The van der Waals surface area contributed by atoms with Crippen LogP contribution in [0.25, 0.3) is 0 Å². The minimum absolute atomic E-state index is 0.130. The van der Waals surface area contributed by atoms with E-state index < -0.39 is 0 Å². The number of carbonyl (C=O) groups excluding carboxylic acids is 1. The highest BCUT2D eigenvalue weighted by atomic mass is 16.6. The smallest absolute Gasteiger partial charge is 0.320 e. The lowest BCUT2D eigenvalue weighted by atomic mass is 9.84. The number of ether oxygens (including phenoxy) is 1. The normalized spacial score (nSPS) is 17.1. The van der Waals surface area contributed by atoms with Gasteiger partial charge in [-0.25, -0.2) is 0 Å². The zero-order valence-electron chi connectivity index (χ0n) is 12.9. The van der Waals surface area contributed by atoms with Gasteiger partial charge in [-0.1, -0.05) is 13.8 Å². The lowest BCUT2D eigenvalue weighted by molar-refractivity contribution is -0.155. The highest BCUT2D eigenvalue weighted by Gasteiger charge is 2.37. The lowest BCUT2D eigenvalue weighted by Gasteiger charge is -2.28. The number of hydrogen-bond acceptors (Lipinski definition) is 3. The Balaban J connectivity index is 2.24. The van der Waals surface area contributed by atoms with Gasteiger partial charge in [0.05, 0.1) is 6.54 Å². The van der Waals surface area contributed by atoms with Crippen molar-refractivity contribution in [3.05, 3.63) is 0 Å². The first-order chi connectivity index (χ1) is 8.10. The summed E-state index contributed by atoms with van der Waals surface area (Å²) in [7, 11) is 1.99. The van der Waals surface area contributed by atoms with Crippen molar-refractivity contribution < 1.29 is 9.53 Å². The van der Waals surface area contributed by atoms with Gasteiger partial charge in [-0.05, 0) is 65.0 Å². The van der Waals surface area contributed by atoms with Crippen molar-refractivity contribution in [2.75, 3.05) is 20.1 Å². The van der Waals surface area contributed by atoms with Gasteiger partial charge in [-0.3, -0.25) is 9.69 Å². The molecule has 0 saturated heterocycles. The molecular formula is C15H29NO2. The molecule has 3 heteroatoms. The zero-order chi connectivity index (χ0) is 14.0. The third kappa shape index (κ3) is 5.85. The Morgan fingerprint density at radius 2 is 1.78 bits per heavy atom. The molecule has 0 aromatic heterocycles. The van der Waals surface area contributed by atoms with E-state index in [-0.39, 0.29) is 11.6 Å². The standard InChI is InChI=1S/C15H29NO2/c1-14(2,3)18-13(17)11-16(6)10-9-15(4,5)12-7-8-12/h12H,7-11H2,1-6H3. The maximum atomic E-state index is 11.7. The first-order valence-corrected chi connectivity index (χ1v) is 7.00. The van der Waals surface area contributed by atoms with Crippen molar-refractivity contribution in [1.82, 2.24) is 4.90 Å². The predicted molar refractivity (Wildman–Crippen MR) is 74.5 cm³/mol. The second-order valence-electron chi connectivity index (χ2n) is 7.34. The maximum Gasteiger partial charge on any atom is 0.320 e. The third-order valence-electron chi connectivity index (χ3n) is 3.64. The van der Waals surface area contributed by atoms with E-state index in [9.17, 15) is 4.79 Å². The monoisotopic (exact) mass is 255 g/mol. The van der Waals surface area contributed by atoms with Gasteiger partial charge in [0.25, 0.3) is 0 Å². The van der Waals surface area contributed by atoms with Crippen molar-refractivity contribution in [1.29, 1.82) is 0 Å². The van der Waals surface area contributed by atoms with Crippen LogP contribution in [-0.2, 0) is 9.53 Å². The Morgan fingerprint density at radius 3 is 2.22 bits per heavy atom. The van der Waals surface area contributed by atoms with Crippen LogP contribution in [0.1, 0.15) is 53.9 Å². The summed E-state index contributed by atoms with van der Waals surface area (Å²) in [6, 6.07) is 0. The molecule has 0 amide bonds. The number of rotatable bonds is 6. The molecule has 0 radical (unpaired) electrons. The van der Waals surface area contributed by atoms with Gasteiger partial charge in [0.15, 0.2) is 0 Å². The van der Waals surface area contributed by atoms with Gasteiger partial charge in [-0.15, -0.1) is 0 Å². The van der Waals surface area contributed by atoms with Crippen molar-refractivity contribution in [3.8, 4) is 0 Å². The average molecular weight is 255 g/mol. The summed E-state index contributed by atoms with van der Waals surface area (Å²) in [6.45, 7) is 11.7. The number of likely N-dealkylation sites (N-methyl/N-ethyl adjacent to an activating group) is 1. The Morgan fingerprint density at radius 1 is 1.22 bits per heavy atom. The molecule has 18 heavy (non-hydrogen) atoms. The van der Waals surface area contributed by atoms with Gasteiger partial charge < -0.3 is 4.74 Å². The van der Waals surface area contributed by atoms with Crippen LogP contribution in [0.2, 0.25) is 0 Å². The van der Waals surface area contributed by atoms with E-state index in [1.54, 1.807) is 0 Å². The highest BCUT2D eigenvalue weighted by Crippen LogP contribution is 2.47. The molecule has 106 valence electrons. The molecule has 0 N–H and O–H groups in total. The minimum atomic E-state index is -0.384. The summed E-state index contributed by atoms with van der Waals surface area (Å²) in [5.74, 6) is 0.765. The summed E-state index contributed by atoms with van der Waals surface area (Å²) < 4.78 is 5.32. The average Bonchev–Trinajstić information content (AvgIpc) is 2.94. The van der Waals surface area contributed by atoms with Crippen molar-refractivity contribution in [2.24, 2.45) is 11.3 Å². The quantitative estimate of drug-likeness (QED) is 0.683. The number of hydrogen-bond donors (Lipinski definition) is 0. The summed E-state index contributed by atoms with van der Waals surface area (Å²) >= 11 is 0. The Bertz CT molecular complexity index is 287. The highest BCUT2D eigenvalue weighted by molar-refractivity contribution is 5.72. The topological polar surface area (TPSA) is 29.5 Å². The second-order valence-corrected chi connectivity index (χ2v) is 7.34. The molecule has 0 heterocycles. The summed E-state index contributed by atoms with van der Waals surface area (Å²) in [5, 5.41) is 0. The molecule has 0 aromatic rings. The van der Waals surface area contributed by atoms with E-state index in [1.165, 1.54) is 12.8 Å². The molecular weight excluding hydrogens is 226 g/mol. The van der Waals surface area contributed by atoms with Gasteiger partial charge in [0, 0.05) is 0 Å². The van der Waals surface area contributed by atoms with Gasteiger partial charge in [0.2, 0.25) is 0 Å². The van der Waals surface area contributed by atoms with Crippen molar-refractivity contribution in [2.45, 2.75) is 59.5 Å². The fraction of sp³-hybridized carbons (Fsp3) is 0.933. The van der Waals surface area contributed by atoms with Crippen LogP contribution in [0.15, 0.2) is 0 Å². The Hall–Kier alpha value is -0.570. The molecule has 1 aliphatic carbocycles. The summed E-state index contributed by atoms with van der Waals surface area (Å²) in [6.07, 6.45) is 3.91. The van der Waals surface area contributed by atoms with E-state index in [1.807, 2.05) is 27.8 Å². The first kappa shape index (κ1) is 15.5.